The molecule has 186 valence electrons. The topological polar surface area (TPSA) is 130 Å². The number of furan rings is 1. The third kappa shape index (κ3) is 5.20. The number of aromatic hydroxyl groups is 1. The Morgan fingerprint density at radius 1 is 0.973 bits per heavy atom. The predicted molar refractivity (Wildman–Crippen MR) is 138 cm³/mol. The van der Waals surface area contributed by atoms with Gasteiger partial charge in [-0.2, -0.15) is 0 Å². The van der Waals surface area contributed by atoms with Crippen LogP contribution in [0.3, 0.4) is 0 Å². The van der Waals surface area contributed by atoms with Crippen LogP contribution in [0, 0.1) is 0 Å². The summed E-state index contributed by atoms with van der Waals surface area (Å²) < 4.78 is 7.75. The van der Waals surface area contributed by atoms with Gasteiger partial charge in [-0.1, -0.05) is 53.7 Å². The van der Waals surface area contributed by atoms with Crippen molar-refractivity contribution in [3.8, 4) is 28.3 Å². The van der Waals surface area contributed by atoms with E-state index in [-0.39, 0.29) is 17.2 Å². The second-order valence-electron chi connectivity index (χ2n) is 8.58. The van der Waals surface area contributed by atoms with Gasteiger partial charge in [0.1, 0.15) is 28.4 Å². The average molecular weight is 497 g/mol. The number of carboxylic acids is 1. The van der Waals surface area contributed by atoms with Gasteiger partial charge < -0.3 is 19.9 Å². The first-order valence-corrected chi connectivity index (χ1v) is 11.8. The van der Waals surface area contributed by atoms with Crippen molar-refractivity contribution >= 4 is 28.5 Å². The van der Waals surface area contributed by atoms with Gasteiger partial charge in [0, 0.05) is 35.7 Å². The van der Waals surface area contributed by atoms with E-state index < -0.39 is 5.97 Å². The van der Waals surface area contributed by atoms with Crippen molar-refractivity contribution in [1.29, 1.82) is 0 Å². The Hall–Kier alpha value is -4.92. The molecule has 1 amide bonds. The van der Waals surface area contributed by atoms with Gasteiger partial charge in [-0.3, -0.25) is 9.48 Å². The number of phenols is 1. The summed E-state index contributed by atoms with van der Waals surface area (Å²) in [6, 6.07) is 21.4. The van der Waals surface area contributed by atoms with Crippen molar-refractivity contribution < 1.29 is 24.2 Å². The average Bonchev–Trinajstić information content (AvgIpc) is 3.51. The van der Waals surface area contributed by atoms with E-state index in [9.17, 15) is 19.8 Å². The van der Waals surface area contributed by atoms with Crippen LogP contribution in [0.4, 0.5) is 5.69 Å². The minimum Gasteiger partial charge on any atom is -0.507 e. The zero-order valence-corrected chi connectivity index (χ0v) is 19.8. The van der Waals surface area contributed by atoms with E-state index in [1.165, 1.54) is 12.1 Å². The molecule has 2 aromatic heterocycles. The third-order valence-corrected chi connectivity index (χ3v) is 5.97. The molecule has 37 heavy (non-hydrogen) atoms. The van der Waals surface area contributed by atoms with Crippen molar-refractivity contribution in [1.82, 2.24) is 15.0 Å². The number of hydrogen-bond acceptors (Lipinski definition) is 6. The first-order valence-electron chi connectivity index (χ1n) is 11.8. The standard InChI is InChI=1S/C28H24N4O5/c33-23-16-24-21(15-20(23)28(35)36)26(27(37-24)18-9-3-1-4-10-18)22-17-32(31-30-22)14-8-7-13-25(34)29-19-11-5-2-6-12-19/h1-6,9-12,15-17,33H,7-8,13-14H2,(H,29,34)(H,35,36). The van der Waals surface area contributed by atoms with Crippen molar-refractivity contribution in [2.45, 2.75) is 25.8 Å². The molecule has 0 bridgehead atoms. The van der Waals surface area contributed by atoms with Crippen molar-refractivity contribution in [2.75, 3.05) is 5.32 Å². The summed E-state index contributed by atoms with van der Waals surface area (Å²) in [6.07, 6.45) is 3.56. The van der Waals surface area contributed by atoms with Crippen LogP contribution in [0.25, 0.3) is 33.6 Å². The highest BCUT2D eigenvalue weighted by Crippen LogP contribution is 2.42. The molecule has 5 rings (SSSR count). The summed E-state index contributed by atoms with van der Waals surface area (Å²) in [5.74, 6) is -1.16. The number of para-hydroxylation sites is 1. The molecular weight excluding hydrogens is 472 g/mol. The molecule has 3 aromatic carbocycles. The number of anilines is 1. The van der Waals surface area contributed by atoms with Gasteiger partial charge in [-0.05, 0) is 31.0 Å². The number of amides is 1. The Morgan fingerprint density at radius 3 is 2.43 bits per heavy atom. The highest BCUT2D eigenvalue weighted by atomic mass is 16.4. The van der Waals surface area contributed by atoms with Crippen LogP contribution in [-0.4, -0.2) is 37.1 Å². The van der Waals surface area contributed by atoms with E-state index in [0.717, 1.165) is 17.7 Å². The highest BCUT2D eigenvalue weighted by molar-refractivity contribution is 6.05. The molecule has 0 aliphatic carbocycles. The second kappa shape index (κ2) is 10.4. The molecule has 0 radical (unpaired) electrons. The molecule has 9 heteroatoms. The Balaban J connectivity index is 1.36. The number of carboxylic acid groups (broad SMARTS) is 1. The first kappa shape index (κ1) is 23.8. The summed E-state index contributed by atoms with van der Waals surface area (Å²) in [4.78, 5) is 23.8. The fourth-order valence-electron chi connectivity index (χ4n) is 4.18. The lowest BCUT2D eigenvalue weighted by molar-refractivity contribution is -0.116. The molecule has 0 saturated carbocycles. The number of fused-ring (bicyclic) bond motifs is 1. The lowest BCUT2D eigenvalue weighted by Crippen LogP contribution is -2.11. The van der Waals surface area contributed by atoms with Crippen molar-refractivity contribution in [2.24, 2.45) is 0 Å². The molecule has 2 heterocycles. The van der Waals surface area contributed by atoms with Crippen LogP contribution in [0.15, 0.2) is 83.4 Å². The van der Waals surface area contributed by atoms with Gasteiger partial charge in [0.05, 0.1) is 11.8 Å². The van der Waals surface area contributed by atoms with Crippen molar-refractivity contribution in [3.63, 3.8) is 0 Å². The van der Waals surface area contributed by atoms with E-state index in [2.05, 4.69) is 15.6 Å². The minimum absolute atomic E-state index is 0.0414. The van der Waals surface area contributed by atoms with E-state index in [1.807, 2.05) is 60.7 Å². The fraction of sp³-hybridized carbons (Fsp3) is 0.143. The molecule has 0 saturated heterocycles. The maximum Gasteiger partial charge on any atom is 0.339 e. The lowest BCUT2D eigenvalue weighted by atomic mass is 10.0. The maximum absolute atomic E-state index is 12.2. The van der Waals surface area contributed by atoms with Crippen LogP contribution in [-0.2, 0) is 11.3 Å². The second-order valence-corrected chi connectivity index (χ2v) is 8.58. The van der Waals surface area contributed by atoms with Gasteiger partial charge in [0.25, 0.3) is 0 Å². The third-order valence-electron chi connectivity index (χ3n) is 5.97. The molecule has 0 fully saturated rings. The molecule has 0 unspecified atom stereocenters. The molecule has 0 aliphatic rings. The zero-order valence-electron chi connectivity index (χ0n) is 19.8. The molecule has 3 N–H and O–H groups in total. The number of carbonyl (C=O) groups excluding carboxylic acids is 1. The smallest absolute Gasteiger partial charge is 0.339 e. The summed E-state index contributed by atoms with van der Waals surface area (Å²) in [5.41, 5.74) is 2.78. The number of carbonyl (C=O) groups is 2. The Kier molecular flexibility index (Phi) is 6.67. The molecular formula is C28H24N4O5. The van der Waals surface area contributed by atoms with Crippen LogP contribution in [0.2, 0.25) is 0 Å². The van der Waals surface area contributed by atoms with Crippen LogP contribution in [0.1, 0.15) is 29.6 Å². The zero-order chi connectivity index (χ0) is 25.8. The molecule has 0 aliphatic heterocycles. The summed E-state index contributed by atoms with van der Waals surface area (Å²) in [6.45, 7) is 0.559. The minimum atomic E-state index is -1.24. The SMILES string of the molecule is O=C(CCCCn1cc(-c2c(-c3ccccc3)oc3cc(O)c(C(=O)O)cc23)nn1)Nc1ccccc1. The Bertz CT molecular complexity index is 1560. The lowest BCUT2D eigenvalue weighted by Gasteiger charge is -2.05. The first-order chi connectivity index (χ1) is 18.0. The van der Waals surface area contributed by atoms with E-state index >= 15 is 0 Å². The van der Waals surface area contributed by atoms with E-state index in [0.29, 0.717) is 47.4 Å². The van der Waals surface area contributed by atoms with Crippen molar-refractivity contribution in [3.05, 3.63) is 84.6 Å². The molecule has 5 aromatic rings. The monoisotopic (exact) mass is 496 g/mol. The quantitative estimate of drug-likeness (QED) is 0.227. The van der Waals surface area contributed by atoms with Gasteiger partial charge in [0.2, 0.25) is 5.91 Å². The number of aryl methyl sites for hydroxylation is 1. The number of nitrogens with zero attached hydrogens (tertiary/aromatic N) is 3. The Labute approximate surface area is 212 Å². The van der Waals surface area contributed by atoms with Crippen LogP contribution in [0.5, 0.6) is 5.75 Å². The number of aromatic carboxylic acids is 1. The largest absolute Gasteiger partial charge is 0.507 e. The predicted octanol–water partition coefficient (Wildman–Crippen LogP) is 5.57. The number of aromatic nitrogens is 3. The molecule has 0 atom stereocenters. The van der Waals surface area contributed by atoms with Gasteiger partial charge in [-0.15, -0.1) is 5.10 Å². The van der Waals surface area contributed by atoms with Crippen LogP contribution < -0.4 is 5.32 Å². The van der Waals surface area contributed by atoms with Gasteiger partial charge >= 0.3 is 5.97 Å². The number of nitrogens with one attached hydrogen (secondary N) is 1. The van der Waals surface area contributed by atoms with Gasteiger partial charge in [-0.25, -0.2) is 4.79 Å². The summed E-state index contributed by atoms with van der Waals surface area (Å²) >= 11 is 0. The maximum atomic E-state index is 12.2. The summed E-state index contributed by atoms with van der Waals surface area (Å²) in [7, 11) is 0. The highest BCUT2D eigenvalue weighted by Gasteiger charge is 2.23. The fourth-order valence-corrected chi connectivity index (χ4v) is 4.18. The van der Waals surface area contributed by atoms with E-state index in [4.69, 9.17) is 4.42 Å². The molecule has 9 nitrogen and oxygen atoms in total. The van der Waals surface area contributed by atoms with Crippen LogP contribution >= 0.6 is 0 Å². The number of benzene rings is 3. The summed E-state index contributed by atoms with van der Waals surface area (Å²) in [5, 5.41) is 31.6. The molecule has 0 spiro atoms. The normalized spacial score (nSPS) is 11.0. The number of hydrogen-bond donors (Lipinski definition) is 3. The Morgan fingerprint density at radius 2 is 1.70 bits per heavy atom. The van der Waals surface area contributed by atoms with Gasteiger partial charge in [0.15, 0.2) is 0 Å². The van der Waals surface area contributed by atoms with E-state index in [1.54, 1.807) is 10.9 Å². The number of rotatable bonds is 9. The number of unbranched alkanes of at least 4 members (excludes halogenated alkanes) is 1.